The first kappa shape index (κ1) is 8.35. The van der Waals surface area contributed by atoms with Crippen LogP contribution in [0.4, 0.5) is 5.69 Å². The topological polar surface area (TPSA) is 3.24 Å². The summed E-state index contributed by atoms with van der Waals surface area (Å²) in [5, 5.41) is 0. The third-order valence-corrected chi connectivity index (χ3v) is 3.91. The number of rotatable bonds is 0. The quantitative estimate of drug-likeness (QED) is 0.518. The molecule has 1 aromatic rings. The summed E-state index contributed by atoms with van der Waals surface area (Å²) in [5.41, 5.74) is 2.89. The molecular formula is C10H12IN. The first-order chi connectivity index (χ1) is 5.79. The summed E-state index contributed by atoms with van der Waals surface area (Å²) in [6, 6.07) is 9.35. The zero-order valence-electron chi connectivity index (χ0n) is 7.13. The lowest BCUT2D eigenvalue weighted by Gasteiger charge is -2.31. The van der Waals surface area contributed by atoms with Gasteiger partial charge in [0.05, 0.1) is 22.9 Å². The van der Waals surface area contributed by atoms with Crippen LogP contribution in [-0.2, 0) is 6.42 Å². The number of para-hydroxylation sites is 1. The second-order valence-electron chi connectivity index (χ2n) is 3.33. The first-order valence-corrected chi connectivity index (χ1v) is 5.28. The standard InChI is InChI=1S/C10H12IN/c1-8-6-7-9-4-2-3-5-10(9)12(8)11/h2-5,8H,6-7H2,1H3. The Kier molecular flexibility index (Phi) is 2.26. The second-order valence-corrected chi connectivity index (χ2v) is 4.37. The summed E-state index contributed by atoms with van der Waals surface area (Å²) in [5.74, 6) is 0. The zero-order chi connectivity index (χ0) is 8.55. The van der Waals surface area contributed by atoms with Crippen LogP contribution >= 0.6 is 22.9 Å². The fourth-order valence-electron chi connectivity index (χ4n) is 1.65. The van der Waals surface area contributed by atoms with Crippen molar-refractivity contribution in [2.24, 2.45) is 0 Å². The van der Waals surface area contributed by atoms with Gasteiger partial charge in [-0.2, -0.15) is 0 Å². The maximum absolute atomic E-state index is 2.41. The number of aryl methyl sites for hydroxylation is 1. The molecule has 12 heavy (non-hydrogen) atoms. The van der Waals surface area contributed by atoms with E-state index in [-0.39, 0.29) is 0 Å². The lowest BCUT2D eigenvalue weighted by atomic mass is 9.99. The summed E-state index contributed by atoms with van der Waals surface area (Å²) in [4.78, 5) is 0. The normalized spacial score (nSPS) is 22.2. The molecule has 0 N–H and O–H groups in total. The molecule has 1 nitrogen and oxygen atoms in total. The van der Waals surface area contributed by atoms with Crippen molar-refractivity contribution >= 4 is 28.6 Å². The van der Waals surface area contributed by atoms with E-state index in [1.807, 2.05) is 0 Å². The van der Waals surface area contributed by atoms with Gasteiger partial charge < -0.3 is 3.11 Å². The number of fused-ring (bicyclic) bond motifs is 1. The molecule has 64 valence electrons. The van der Waals surface area contributed by atoms with E-state index in [1.165, 1.54) is 24.1 Å². The highest BCUT2D eigenvalue weighted by Crippen LogP contribution is 2.32. The van der Waals surface area contributed by atoms with Crippen LogP contribution in [0.25, 0.3) is 0 Å². The van der Waals surface area contributed by atoms with E-state index in [1.54, 1.807) is 0 Å². The van der Waals surface area contributed by atoms with E-state index in [0.717, 1.165) is 0 Å². The Hall–Kier alpha value is -0.250. The zero-order valence-corrected chi connectivity index (χ0v) is 9.28. The highest BCUT2D eigenvalue weighted by atomic mass is 127. The van der Waals surface area contributed by atoms with E-state index in [2.05, 4.69) is 57.2 Å². The maximum Gasteiger partial charge on any atom is 0.0594 e. The number of anilines is 1. The lowest BCUT2D eigenvalue weighted by Crippen LogP contribution is -2.28. The smallest absolute Gasteiger partial charge is 0.0594 e. The molecule has 0 aromatic heterocycles. The van der Waals surface area contributed by atoms with E-state index < -0.39 is 0 Å². The minimum Gasteiger partial charge on any atom is -0.312 e. The van der Waals surface area contributed by atoms with Crippen LogP contribution in [0.2, 0.25) is 0 Å². The van der Waals surface area contributed by atoms with Gasteiger partial charge in [0.1, 0.15) is 0 Å². The molecular weight excluding hydrogens is 261 g/mol. The minimum absolute atomic E-state index is 0.681. The first-order valence-electron chi connectivity index (χ1n) is 4.32. The Bertz CT molecular complexity index is 285. The molecule has 1 heterocycles. The van der Waals surface area contributed by atoms with Gasteiger partial charge >= 0.3 is 0 Å². The third kappa shape index (κ3) is 1.32. The molecule has 0 radical (unpaired) electrons. The van der Waals surface area contributed by atoms with Crippen molar-refractivity contribution in [3.8, 4) is 0 Å². The van der Waals surface area contributed by atoms with Crippen LogP contribution in [0.1, 0.15) is 18.9 Å². The van der Waals surface area contributed by atoms with Crippen LogP contribution in [0.15, 0.2) is 24.3 Å². The highest BCUT2D eigenvalue weighted by molar-refractivity contribution is 14.1. The molecule has 1 aliphatic rings. The summed E-state index contributed by atoms with van der Waals surface area (Å²) in [7, 11) is 0. The molecule has 0 bridgehead atoms. The van der Waals surface area contributed by atoms with Crippen LogP contribution in [0, 0.1) is 0 Å². The van der Waals surface area contributed by atoms with Crippen LogP contribution in [0.5, 0.6) is 0 Å². The molecule has 0 saturated heterocycles. The molecule has 0 amide bonds. The molecule has 0 spiro atoms. The van der Waals surface area contributed by atoms with E-state index >= 15 is 0 Å². The fourth-order valence-corrected chi connectivity index (χ4v) is 2.39. The molecule has 2 rings (SSSR count). The Labute approximate surface area is 87.3 Å². The molecule has 1 aromatic carbocycles. The van der Waals surface area contributed by atoms with Gasteiger partial charge in [-0.15, -0.1) is 0 Å². The maximum atomic E-state index is 2.41. The largest absolute Gasteiger partial charge is 0.312 e. The molecule has 2 heteroatoms. The van der Waals surface area contributed by atoms with Gasteiger partial charge in [-0.25, -0.2) is 0 Å². The Balaban J connectivity index is 2.42. The summed E-state index contributed by atoms with van der Waals surface area (Å²) in [6.07, 6.45) is 2.51. The van der Waals surface area contributed by atoms with Crippen molar-refractivity contribution < 1.29 is 0 Å². The van der Waals surface area contributed by atoms with E-state index in [9.17, 15) is 0 Å². The van der Waals surface area contributed by atoms with Gasteiger partial charge in [-0.1, -0.05) is 18.2 Å². The van der Waals surface area contributed by atoms with Crippen molar-refractivity contribution in [3.05, 3.63) is 29.8 Å². The van der Waals surface area contributed by atoms with Gasteiger partial charge in [0.25, 0.3) is 0 Å². The van der Waals surface area contributed by atoms with Crippen molar-refractivity contribution in [2.75, 3.05) is 3.11 Å². The summed E-state index contributed by atoms with van der Waals surface area (Å²) < 4.78 is 2.34. The Morgan fingerprint density at radius 3 is 3.00 bits per heavy atom. The van der Waals surface area contributed by atoms with Crippen LogP contribution in [-0.4, -0.2) is 6.04 Å². The van der Waals surface area contributed by atoms with Crippen molar-refractivity contribution in [2.45, 2.75) is 25.8 Å². The number of hydrogen-bond acceptors (Lipinski definition) is 1. The molecule has 1 aliphatic heterocycles. The monoisotopic (exact) mass is 273 g/mol. The van der Waals surface area contributed by atoms with Crippen molar-refractivity contribution in [1.29, 1.82) is 0 Å². The third-order valence-electron chi connectivity index (χ3n) is 2.44. The molecule has 0 saturated carbocycles. The number of halogens is 1. The second kappa shape index (κ2) is 3.24. The van der Waals surface area contributed by atoms with Crippen LogP contribution in [0.3, 0.4) is 0 Å². The van der Waals surface area contributed by atoms with E-state index in [0.29, 0.717) is 6.04 Å². The average molecular weight is 273 g/mol. The number of hydrogen-bond donors (Lipinski definition) is 0. The summed E-state index contributed by atoms with van der Waals surface area (Å²) >= 11 is 2.41. The predicted molar refractivity (Wildman–Crippen MR) is 60.7 cm³/mol. The van der Waals surface area contributed by atoms with Crippen molar-refractivity contribution in [1.82, 2.24) is 0 Å². The molecule has 0 fully saturated rings. The van der Waals surface area contributed by atoms with Crippen LogP contribution < -0.4 is 3.11 Å². The summed E-state index contributed by atoms with van der Waals surface area (Å²) in [6.45, 7) is 2.28. The van der Waals surface area contributed by atoms with Crippen molar-refractivity contribution in [3.63, 3.8) is 0 Å². The number of nitrogens with zero attached hydrogens (tertiary/aromatic N) is 1. The van der Waals surface area contributed by atoms with Gasteiger partial charge in [0, 0.05) is 11.7 Å². The van der Waals surface area contributed by atoms with Gasteiger partial charge in [-0.3, -0.25) is 0 Å². The Morgan fingerprint density at radius 1 is 1.42 bits per heavy atom. The SMILES string of the molecule is CC1CCc2ccccc2N1I. The number of benzene rings is 1. The van der Waals surface area contributed by atoms with Gasteiger partial charge in [-0.05, 0) is 31.4 Å². The minimum atomic E-state index is 0.681. The highest BCUT2D eigenvalue weighted by Gasteiger charge is 2.19. The Morgan fingerprint density at radius 2 is 2.17 bits per heavy atom. The van der Waals surface area contributed by atoms with E-state index in [4.69, 9.17) is 0 Å². The average Bonchev–Trinajstić information content (AvgIpc) is 2.12. The molecule has 1 atom stereocenters. The van der Waals surface area contributed by atoms with Gasteiger partial charge in [0.2, 0.25) is 0 Å². The lowest BCUT2D eigenvalue weighted by molar-refractivity contribution is 0.654. The molecule has 0 aliphatic carbocycles. The fraction of sp³-hybridized carbons (Fsp3) is 0.400. The molecule has 1 unspecified atom stereocenters. The predicted octanol–water partition coefficient (Wildman–Crippen LogP) is 3.18. The van der Waals surface area contributed by atoms with Gasteiger partial charge in [0.15, 0.2) is 0 Å².